The third kappa shape index (κ3) is 3.28. The quantitative estimate of drug-likeness (QED) is 0.540. The number of aromatic amines is 1. The van der Waals surface area contributed by atoms with Crippen LogP contribution in [0.5, 0.6) is 0 Å². The minimum Gasteiger partial charge on any atom is -0.481 e. The second-order valence-corrected chi connectivity index (χ2v) is 7.66. The van der Waals surface area contributed by atoms with Gasteiger partial charge in [0.15, 0.2) is 0 Å². The first kappa shape index (κ1) is 18.3. The maximum absolute atomic E-state index is 11.3. The molecule has 5 rings (SSSR count). The van der Waals surface area contributed by atoms with E-state index in [2.05, 4.69) is 37.0 Å². The molecule has 30 heavy (non-hydrogen) atoms. The van der Waals surface area contributed by atoms with E-state index in [4.69, 9.17) is 0 Å². The maximum Gasteiger partial charge on any atom is 0.308 e. The fourth-order valence-electron chi connectivity index (χ4n) is 4.03. The molecule has 1 aromatic carbocycles. The predicted octanol–water partition coefficient (Wildman–Crippen LogP) is 3.91. The third-order valence-electron chi connectivity index (χ3n) is 5.63. The molecular weight excluding hydrogens is 378 g/mol. The van der Waals surface area contributed by atoms with Crippen molar-refractivity contribution >= 4 is 22.6 Å². The summed E-state index contributed by atoms with van der Waals surface area (Å²) >= 11 is 0. The SMILES string of the molecule is Cc1cccc(-c2[nH]cnc2-c2ccc3ncc(N4CC[C@@H](C(=O)O)C4)cc3c2)n1. The number of hydrogen-bond donors (Lipinski definition) is 2. The standard InChI is InChI=1S/C23H21N5O2/c1-14-3-2-4-20(27-14)22-21(25-13-26-22)15-5-6-19-17(9-15)10-18(11-24-19)28-8-7-16(12-28)23(29)30/h2-6,9-11,13,16H,7-8,12H2,1H3,(H,25,26)(H,29,30)/t16-/m1/s1. The lowest BCUT2D eigenvalue weighted by molar-refractivity contribution is -0.140. The van der Waals surface area contributed by atoms with Gasteiger partial charge >= 0.3 is 5.97 Å². The van der Waals surface area contributed by atoms with E-state index in [0.29, 0.717) is 13.0 Å². The van der Waals surface area contributed by atoms with Crippen molar-refractivity contribution < 1.29 is 9.90 Å². The molecule has 7 heteroatoms. The van der Waals surface area contributed by atoms with Crippen LogP contribution in [0.4, 0.5) is 5.69 Å². The molecule has 0 saturated carbocycles. The Kier molecular flexibility index (Phi) is 4.43. The summed E-state index contributed by atoms with van der Waals surface area (Å²) in [6, 6.07) is 14.1. The lowest BCUT2D eigenvalue weighted by Gasteiger charge is -2.18. The zero-order chi connectivity index (χ0) is 20.7. The Bertz CT molecular complexity index is 1250. The first-order chi connectivity index (χ1) is 14.6. The Morgan fingerprint density at radius 2 is 2.10 bits per heavy atom. The van der Waals surface area contributed by atoms with Gasteiger partial charge in [-0.15, -0.1) is 0 Å². The Labute approximate surface area is 173 Å². The van der Waals surface area contributed by atoms with Gasteiger partial charge in [0.25, 0.3) is 0 Å². The van der Waals surface area contributed by atoms with E-state index in [1.54, 1.807) is 6.33 Å². The predicted molar refractivity (Wildman–Crippen MR) is 115 cm³/mol. The van der Waals surface area contributed by atoms with Crippen LogP contribution in [0.1, 0.15) is 12.1 Å². The highest BCUT2D eigenvalue weighted by molar-refractivity contribution is 5.88. The van der Waals surface area contributed by atoms with E-state index in [1.807, 2.05) is 43.5 Å². The van der Waals surface area contributed by atoms with Crippen molar-refractivity contribution in [3.8, 4) is 22.6 Å². The second kappa shape index (κ2) is 7.26. The van der Waals surface area contributed by atoms with Gasteiger partial charge in [-0.3, -0.25) is 14.8 Å². The summed E-state index contributed by atoms with van der Waals surface area (Å²) in [7, 11) is 0. The number of pyridine rings is 2. The van der Waals surface area contributed by atoms with Gasteiger partial charge in [-0.1, -0.05) is 12.1 Å². The molecule has 1 atom stereocenters. The number of imidazole rings is 1. The topological polar surface area (TPSA) is 95.0 Å². The van der Waals surface area contributed by atoms with Crippen LogP contribution < -0.4 is 4.90 Å². The van der Waals surface area contributed by atoms with Crippen LogP contribution in [0.3, 0.4) is 0 Å². The summed E-state index contributed by atoms with van der Waals surface area (Å²) in [5.74, 6) is -1.05. The van der Waals surface area contributed by atoms with Crippen molar-refractivity contribution in [2.75, 3.05) is 18.0 Å². The summed E-state index contributed by atoms with van der Waals surface area (Å²) in [5.41, 5.74) is 6.34. The summed E-state index contributed by atoms with van der Waals surface area (Å²) in [4.78, 5) is 30.3. The number of carboxylic acids is 1. The molecule has 1 saturated heterocycles. The molecule has 7 nitrogen and oxygen atoms in total. The first-order valence-corrected chi connectivity index (χ1v) is 9.94. The number of nitrogens with one attached hydrogen (secondary N) is 1. The molecule has 0 radical (unpaired) electrons. The van der Waals surface area contributed by atoms with E-state index in [0.717, 1.165) is 51.5 Å². The Hall–Kier alpha value is -3.74. The van der Waals surface area contributed by atoms with Gasteiger partial charge in [0, 0.05) is 29.7 Å². The molecule has 0 aliphatic carbocycles. The molecule has 0 bridgehead atoms. The average Bonchev–Trinajstić information content (AvgIpc) is 3.43. The van der Waals surface area contributed by atoms with Crippen LogP contribution in [0.25, 0.3) is 33.5 Å². The van der Waals surface area contributed by atoms with Gasteiger partial charge in [0.1, 0.15) is 0 Å². The zero-order valence-corrected chi connectivity index (χ0v) is 16.5. The number of aromatic nitrogens is 4. The minimum absolute atomic E-state index is 0.319. The molecule has 150 valence electrons. The third-order valence-corrected chi connectivity index (χ3v) is 5.63. The van der Waals surface area contributed by atoms with Crippen LogP contribution >= 0.6 is 0 Å². The molecule has 3 aromatic heterocycles. The number of fused-ring (bicyclic) bond motifs is 1. The number of benzene rings is 1. The fourth-order valence-corrected chi connectivity index (χ4v) is 4.03. The first-order valence-electron chi connectivity index (χ1n) is 9.94. The summed E-state index contributed by atoms with van der Waals surface area (Å²) in [6.45, 7) is 3.22. The monoisotopic (exact) mass is 399 g/mol. The van der Waals surface area contributed by atoms with Crippen molar-refractivity contribution in [2.24, 2.45) is 5.92 Å². The largest absolute Gasteiger partial charge is 0.481 e. The molecule has 0 unspecified atom stereocenters. The molecule has 2 N–H and O–H groups in total. The second-order valence-electron chi connectivity index (χ2n) is 7.66. The van der Waals surface area contributed by atoms with Crippen molar-refractivity contribution in [2.45, 2.75) is 13.3 Å². The Morgan fingerprint density at radius 1 is 1.20 bits per heavy atom. The normalized spacial score (nSPS) is 16.3. The number of H-pyrrole nitrogens is 1. The van der Waals surface area contributed by atoms with Gasteiger partial charge in [-0.25, -0.2) is 4.98 Å². The van der Waals surface area contributed by atoms with Gasteiger partial charge in [-0.05, 0) is 43.7 Å². The number of hydrogen-bond acceptors (Lipinski definition) is 5. The van der Waals surface area contributed by atoms with Gasteiger partial charge in [0.2, 0.25) is 0 Å². The van der Waals surface area contributed by atoms with Crippen LogP contribution in [-0.2, 0) is 4.79 Å². The van der Waals surface area contributed by atoms with Crippen LogP contribution in [0.2, 0.25) is 0 Å². The van der Waals surface area contributed by atoms with E-state index in [-0.39, 0.29) is 5.92 Å². The highest BCUT2D eigenvalue weighted by Gasteiger charge is 2.28. The zero-order valence-electron chi connectivity index (χ0n) is 16.5. The molecule has 1 aliphatic rings. The van der Waals surface area contributed by atoms with Crippen molar-refractivity contribution in [1.29, 1.82) is 0 Å². The van der Waals surface area contributed by atoms with Crippen LogP contribution in [0, 0.1) is 12.8 Å². The lowest BCUT2D eigenvalue weighted by Crippen LogP contribution is -2.22. The number of rotatable bonds is 4. The number of anilines is 1. The minimum atomic E-state index is -0.732. The van der Waals surface area contributed by atoms with Crippen molar-refractivity contribution in [1.82, 2.24) is 19.9 Å². The Balaban J connectivity index is 1.52. The Morgan fingerprint density at radius 3 is 2.90 bits per heavy atom. The van der Waals surface area contributed by atoms with E-state index < -0.39 is 5.97 Å². The fraction of sp³-hybridized carbons (Fsp3) is 0.217. The van der Waals surface area contributed by atoms with Crippen molar-refractivity contribution in [3.05, 3.63) is 60.7 Å². The highest BCUT2D eigenvalue weighted by atomic mass is 16.4. The van der Waals surface area contributed by atoms with E-state index in [9.17, 15) is 9.90 Å². The van der Waals surface area contributed by atoms with Gasteiger partial charge < -0.3 is 15.0 Å². The summed E-state index contributed by atoms with van der Waals surface area (Å²) < 4.78 is 0. The molecule has 4 aromatic rings. The number of carboxylic acid groups (broad SMARTS) is 1. The molecule has 1 fully saturated rings. The van der Waals surface area contributed by atoms with Crippen molar-refractivity contribution in [3.63, 3.8) is 0 Å². The van der Waals surface area contributed by atoms with Crippen LogP contribution in [0.15, 0.2) is 55.0 Å². The molecule has 0 spiro atoms. The number of aliphatic carboxylic acids is 1. The lowest BCUT2D eigenvalue weighted by atomic mass is 10.0. The van der Waals surface area contributed by atoms with E-state index in [1.165, 1.54) is 0 Å². The van der Waals surface area contributed by atoms with E-state index >= 15 is 0 Å². The number of aryl methyl sites for hydroxylation is 1. The number of nitrogens with zero attached hydrogens (tertiary/aromatic N) is 4. The molecule has 0 amide bonds. The van der Waals surface area contributed by atoms with Crippen LogP contribution in [-0.4, -0.2) is 44.1 Å². The van der Waals surface area contributed by atoms with Gasteiger partial charge in [0.05, 0.1) is 46.7 Å². The maximum atomic E-state index is 11.3. The summed E-state index contributed by atoms with van der Waals surface area (Å²) in [5, 5.41) is 10.3. The smallest absolute Gasteiger partial charge is 0.308 e. The molecule has 1 aliphatic heterocycles. The number of carbonyl (C=O) groups is 1. The molecular formula is C23H21N5O2. The summed E-state index contributed by atoms with van der Waals surface area (Å²) in [6.07, 6.45) is 4.17. The molecule has 4 heterocycles. The highest BCUT2D eigenvalue weighted by Crippen LogP contribution is 2.32. The average molecular weight is 399 g/mol. The van der Waals surface area contributed by atoms with Gasteiger partial charge in [-0.2, -0.15) is 0 Å².